The van der Waals surface area contributed by atoms with Gasteiger partial charge in [0.15, 0.2) is 0 Å². The number of rotatable bonds is 7. The lowest BCUT2D eigenvalue weighted by molar-refractivity contribution is -0.137. The van der Waals surface area contributed by atoms with Gasteiger partial charge in [-0.2, -0.15) is 10.2 Å². The Balaban J connectivity index is 1.52. The fourth-order valence-corrected chi connectivity index (χ4v) is 3.76. The summed E-state index contributed by atoms with van der Waals surface area (Å²) in [7, 11) is 0. The largest absolute Gasteiger partial charge is 0.490 e. The number of aliphatic carboxylic acids is 1. The van der Waals surface area contributed by atoms with E-state index in [1.165, 1.54) is 11.1 Å². The standard InChI is InChI=1S/C24H24N4O4/c1-15(2)31-21-6-5-18(12-20(21)13-25)24-26-23(27-32-24)17-3-4-19-14-28(10-8-22(29)30)9-7-16(19)11-17/h3-6,11-12,15H,7-10,14H2,1-2H3,(H,29,30). The van der Waals surface area contributed by atoms with Crippen molar-refractivity contribution in [3.8, 4) is 34.7 Å². The van der Waals surface area contributed by atoms with Gasteiger partial charge in [-0.25, -0.2) is 0 Å². The van der Waals surface area contributed by atoms with Crippen LogP contribution in [0.15, 0.2) is 40.9 Å². The van der Waals surface area contributed by atoms with E-state index in [1.807, 2.05) is 26.0 Å². The lowest BCUT2D eigenvalue weighted by Crippen LogP contribution is -2.32. The predicted octanol–water partition coefficient (Wildman–Crippen LogP) is 3.90. The molecule has 0 saturated carbocycles. The van der Waals surface area contributed by atoms with Crippen LogP contribution in [-0.2, 0) is 17.8 Å². The molecule has 3 aromatic rings. The third kappa shape index (κ3) is 4.79. The second-order valence-electron chi connectivity index (χ2n) is 8.07. The van der Waals surface area contributed by atoms with E-state index in [4.69, 9.17) is 14.4 Å². The summed E-state index contributed by atoms with van der Waals surface area (Å²) in [4.78, 5) is 17.5. The molecule has 1 N–H and O–H groups in total. The first-order chi connectivity index (χ1) is 15.4. The van der Waals surface area contributed by atoms with Gasteiger partial charge in [-0.15, -0.1) is 0 Å². The SMILES string of the molecule is CC(C)Oc1ccc(-c2nc(-c3ccc4c(c3)CCN(CCC(=O)O)C4)no2)cc1C#N. The summed E-state index contributed by atoms with van der Waals surface area (Å²) in [6.45, 7) is 5.93. The number of aromatic nitrogens is 2. The van der Waals surface area contributed by atoms with Gasteiger partial charge in [-0.1, -0.05) is 17.3 Å². The molecule has 0 bridgehead atoms. The van der Waals surface area contributed by atoms with E-state index in [2.05, 4.69) is 27.2 Å². The zero-order valence-electron chi connectivity index (χ0n) is 18.0. The van der Waals surface area contributed by atoms with Gasteiger partial charge < -0.3 is 14.4 Å². The van der Waals surface area contributed by atoms with E-state index < -0.39 is 5.97 Å². The number of hydrogen-bond acceptors (Lipinski definition) is 7. The first-order valence-electron chi connectivity index (χ1n) is 10.5. The molecule has 164 valence electrons. The van der Waals surface area contributed by atoms with E-state index in [-0.39, 0.29) is 12.5 Å². The number of carboxylic acids is 1. The maximum Gasteiger partial charge on any atom is 0.304 e. The van der Waals surface area contributed by atoms with E-state index in [0.717, 1.165) is 25.1 Å². The van der Waals surface area contributed by atoms with Crippen molar-refractivity contribution >= 4 is 5.97 Å². The molecule has 0 fully saturated rings. The summed E-state index contributed by atoms with van der Waals surface area (Å²) in [5.74, 6) is 0.573. The van der Waals surface area contributed by atoms with Crippen LogP contribution in [0, 0.1) is 11.3 Å². The third-order valence-electron chi connectivity index (χ3n) is 5.33. The number of hydrogen-bond donors (Lipinski definition) is 1. The van der Waals surface area contributed by atoms with Crippen LogP contribution in [0.2, 0.25) is 0 Å². The van der Waals surface area contributed by atoms with Gasteiger partial charge in [0, 0.05) is 30.8 Å². The average molecular weight is 432 g/mol. The zero-order chi connectivity index (χ0) is 22.7. The molecule has 8 nitrogen and oxygen atoms in total. The molecule has 0 atom stereocenters. The highest BCUT2D eigenvalue weighted by molar-refractivity contribution is 5.67. The fraction of sp³-hybridized carbons (Fsp3) is 0.333. The molecule has 0 radical (unpaired) electrons. The topological polar surface area (TPSA) is 112 Å². The van der Waals surface area contributed by atoms with Crippen LogP contribution in [0.5, 0.6) is 5.75 Å². The Morgan fingerprint density at radius 1 is 1.25 bits per heavy atom. The number of benzene rings is 2. The Kier molecular flexibility index (Phi) is 6.19. The number of nitriles is 1. The molecule has 2 heterocycles. The van der Waals surface area contributed by atoms with Crippen LogP contribution in [-0.4, -0.2) is 45.3 Å². The van der Waals surface area contributed by atoms with Crippen molar-refractivity contribution in [2.45, 2.75) is 39.3 Å². The Bertz CT molecular complexity index is 1180. The number of nitrogens with zero attached hydrogens (tertiary/aromatic N) is 4. The highest BCUT2D eigenvalue weighted by Crippen LogP contribution is 2.29. The molecule has 32 heavy (non-hydrogen) atoms. The Morgan fingerprint density at radius 2 is 2.06 bits per heavy atom. The van der Waals surface area contributed by atoms with Crippen LogP contribution in [0.3, 0.4) is 0 Å². The fourth-order valence-electron chi connectivity index (χ4n) is 3.76. The van der Waals surface area contributed by atoms with Crippen molar-refractivity contribution in [1.82, 2.24) is 15.0 Å². The van der Waals surface area contributed by atoms with Crippen molar-refractivity contribution in [2.24, 2.45) is 0 Å². The monoisotopic (exact) mass is 432 g/mol. The Hall–Kier alpha value is -3.70. The summed E-state index contributed by atoms with van der Waals surface area (Å²) in [6, 6.07) is 13.4. The molecular weight excluding hydrogens is 408 g/mol. The van der Waals surface area contributed by atoms with Gasteiger partial charge in [0.25, 0.3) is 5.89 Å². The predicted molar refractivity (Wildman–Crippen MR) is 117 cm³/mol. The summed E-state index contributed by atoms with van der Waals surface area (Å²) >= 11 is 0. The van der Waals surface area contributed by atoms with Crippen molar-refractivity contribution in [2.75, 3.05) is 13.1 Å². The summed E-state index contributed by atoms with van der Waals surface area (Å²) in [5.41, 5.74) is 4.33. The molecule has 1 aliphatic heterocycles. The first kappa shape index (κ1) is 21.5. The van der Waals surface area contributed by atoms with E-state index in [9.17, 15) is 10.1 Å². The molecule has 1 aromatic heterocycles. The Morgan fingerprint density at radius 3 is 2.81 bits per heavy atom. The normalized spacial score (nSPS) is 13.6. The Labute approximate surface area is 186 Å². The number of ether oxygens (including phenoxy) is 1. The molecule has 0 aliphatic carbocycles. The quantitative estimate of drug-likeness (QED) is 0.598. The van der Waals surface area contributed by atoms with Crippen molar-refractivity contribution in [3.63, 3.8) is 0 Å². The van der Waals surface area contributed by atoms with Crippen molar-refractivity contribution in [3.05, 3.63) is 53.1 Å². The van der Waals surface area contributed by atoms with Gasteiger partial charge in [-0.05, 0) is 55.7 Å². The highest BCUT2D eigenvalue weighted by atomic mass is 16.5. The molecule has 4 rings (SSSR count). The van der Waals surface area contributed by atoms with Gasteiger partial charge in [-0.3, -0.25) is 9.69 Å². The van der Waals surface area contributed by atoms with E-state index in [0.29, 0.717) is 35.1 Å². The van der Waals surface area contributed by atoms with Gasteiger partial charge in [0.2, 0.25) is 5.82 Å². The number of carboxylic acid groups (broad SMARTS) is 1. The van der Waals surface area contributed by atoms with E-state index in [1.54, 1.807) is 18.2 Å². The average Bonchev–Trinajstić information content (AvgIpc) is 3.27. The number of carbonyl (C=O) groups is 1. The highest BCUT2D eigenvalue weighted by Gasteiger charge is 2.19. The molecule has 8 heteroatoms. The molecule has 0 unspecified atom stereocenters. The van der Waals surface area contributed by atoms with Gasteiger partial charge >= 0.3 is 5.97 Å². The maximum atomic E-state index is 10.8. The second-order valence-corrected chi connectivity index (χ2v) is 8.07. The minimum Gasteiger partial charge on any atom is -0.490 e. The van der Waals surface area contributed by atoms with Crippen LogP contribution in [0.25, 0.3) is 22.8 Å². The third-order valence-corrected chi connectivity index (χ3v) is 5.33. The van der Waals surface area contributed by atoms with Crippen LogP contribution in [0.1, 0.15) is 37.0 Å². The molecule has 0 spiro atoms. The first-order valence-corrected chi connectivity index (χ1v) is 10.5. The van der Waals surface area contributed by atoms with E-state index >= 15 is 0 Å². The minimum absolute atomic E-state index is 0.0313. The smallest absolute Gasteiger partial charge is 0.304 e. The molecule has 1 aliphatic rings. The van der Waals surface area contributed by atoms with Crippen LogP contribution >= 0.6 is 0 Å². The van der Waals surface area contributed by atoms with Crippen LogP contribution < -0.4 is 4.74 Å². The number of fused-ring (bicyclic) bond motifs is 1. The van der Waals surface area contributed by atoms with Crippen LogP contribution in [0.4, 0.5) is 0 Å². The zero-order valence-corrected chi connectivity index (χ0v) is 18.0. The lowest BCUT2D eigenvalue weighted by atomic mass is 9.97. The summed E-state index contributed by atoms with van der Waals surface area (Å²) in [5, 5.41) is 22.5. The second kappa shape index (κ2) is 9.20. The molecule has 2 aromatic carbocycles. The summed E-state index contributed by atoms with van der Waals surface area (Å²) < 4.78 is 11.1. The maximum absolute atomic E-state index is 10.8. The lowest BCUT2D eigenvalue weighted by Gasteiger charge is -2.28. The van der Waals surface area contributed by atoms with Gasteiger partial charge in [0.1, 0.15) is 11.8 Å². The molecule has 0 amide bonds. The minimum atomic E-state index is -0.775. The summed E-state index contributed by atoms with van der Waals surface area (Å²) in [6.07, 6.45) is 0.962. The van der Waals surface area contributed by atoms with Crippen molar-refractivity contribution in [1.29, 1.82) is 5.26 Å². The molecular formula is C24H24N4O4. The van der Waals surface area contributed by atoms with Crippen molar-refractivity contribution < 1.29 is 19.2 Å². The van der Waals surface area contributed by atoms with Gasteiger partial charge in [0.05, 0.1) is 18.1 Å². The molecule has 0 saturated heterocycles.